The van der Waals surface area contributed by atoms with Crippen LogP contribution in [0.1, 0.15) is 39.9 Å². The molecular weight excluding hydrogens is 500 g/mol. The highest BCUT2D eigenvalue weighted by molar-refractivity contribution is 5.95. The average molecular weight is 524 g/mol. The van der Waals surface area contributed by atoms with Gasteiger partial charge < -0.3 is 16.0 Å². The van der Waals surface area contributed by atoms with E-state index >= 15 is 0 Å². The van der Waals surface area contributed by atoms with Gasteiger partial charge >= 0.3 is 12.4 Å². The van der Waals surface area contributed by atoms with Gasteiger partial charge in [0.1, 0.15) is 0 Å². The molecule has 0 aromatic heterocycles. The number of hydrogen-bond donors (Lipinski definition) is 2. The van der Waals surface area contributed by atoms with E-state index in [4.69, 9.17) is 5.73 Å². The highest BCUT2D eigenvalue weighted by Gasteiger charge is 2.39. The maximum absolute atomic E-state index is 13.3. The minimum Gasteiger partial charge on any atom is -0.352 e. The van der Waals surface area contributed by atoms with Gasteiger partial charge in [0, 0.05) is 24.2 Å². The van der Waals surface area contributed by atoms with E-state index < -0.39 is 46.9 Å². The lowest BCUT2D eigenvalue weighted by Gasteiger charge is -2.40. The molecule has 1 heterocycles. The Labute approximate surface area is 204 Å². The Kier molecular flexibility index (Phi) is 9.18. The molecule has 2 aromatic carbocycles. The quantitative estimate of drug-likeness (QED) is 0.569. The van der Waals surface area contributed by atoms with Crippen LogP contribution in [0.2, 0.25) is 0 Å². The summed E-state index contributed by atoms with van der Waals surface area (Å²) in [6.45, 7) is -0.184. The zero-order chi connectivity index (χ0) is 25.1. The molecule has 5 nitrogen and oxygen atoms in total. The van der Waals surface area contributed by atoms with Gasteiger partial charge in [-0.15, -0.1) is 12.4 Å². The highest BCUT2D eigenvalue weighted by atomic mass is 35.5. The molecule has 0 spiro atoms. The van der Waals surface area contributed by atoms with Crippen molar-refractivity contribution in [1.82, 2.24) is 10.2 Å². The Bertz CT molecular complexity index is 998. The first-order valence-corrected chi connectivity index (χ1v) is 10.5. The standard InChI is InChI=1S/C23H23F6N3O2.ClH/c24-22(25,26)16-9-15(10-17(11-16)23(27,28)29)21(34)32-7-6-18(31-20(33)13-30)12-19(32)8-14-4-2-1-3-5-14;/h1-5,9-11,18-19H,6-8,12-13,30H2,(H,31,33);1H/t18-,19+;/m0./s1. The Morgan fingerprint density at radius 2 is 1.54 bits per heavy atom. The SMILES string of the molecule is Cl.NCC(=O)N[C@H]1CCN(C(=O)c2cc(C(F)(F)F)cc(C(F)(F)F)c2)[C@H](Cc2ccccc2)C1. The van der Waals surface area contributed by atoms with Crippen molar-refractivity contribution < 1.29 is 35.9 Å². The number of nitrogens with one attached hydrogen (secondary N) is 1. The van der Waals surface area contributed by atoms with Gasteiger partial charge in [-0.2, -0.15) is 26.3 Å². The summed E-state index contributed by atoms with van der Waals surface area (Å²) >= 11 is 0. The van der Waals surface area contributed by atoms with Crippen molar-refractivity contribution in [2.24, 2.45) is 5.73 Å². The smallest absolute Gasteiger partial charge is 0.352 e. The Balaban J connectivity index is 0.00000432. The molecule has 0 bridgehead atoms. The van der Waals surface area contributed by atoms with Crippen molar-refractivity contribution in [3.63, 3.8) is 0 Å². The zero-order valence-corrected chi connectivity index (χ0v) is 19.1. The molecule has 2 aromatic rings. The summed E-state index contributed by atoms with van der Waals surface area (Å²) in [5.41, 5.74) is 2.38. The van der Waals surface area contributed by atoms with E-state index in [0.717, 1.165) is 5.56 Å². The molecule has 0 unspecified atom stereocenters. The molecular formula is C23H24ClF6N3O2. The van der Waals surface area contributed by atoms with Crippen LogP contribution in [0, 0.1) is 0 Å². The third kappa shape index (κ3) is 7.35. The molecule has 0 radical (unpaired) electrons. The zero-order valence-electron chi connectivity index (χ0n) is 18.3. The highest BCUT2D eigenvalue weighted by Crippen LogP contribution is 2.37. The fourth-order valence-electron chi connectivity index (χ4n) is 4.06. The summed E-state index contributed by atoms with van der Waals surface area (Å²) in [6.07, 6.45) is -9.24. The number of carbonyl (C=O) groups is 2. The molecule has 3 N–H and O–H groups in total. The number of piperidine rings is 1. The van der Waals surface area contributed by atoms with Crippen LogP contribution in [0.4, 0.5) is 26.3 Å². The van der Waals surface area contributed by atoms with Gasteiger partial charge in [0.25, 0.3) is 5.91 Å². The normalized spacial score (nSPS) is 18.5. The summed E-state index contributed by atoms with van der Waals surface area (Å²) in [6, 6.07) is 8.94. The molecule has 35 heavy (non-hydrogen) atoms. The summed E-state index contributed by atoms with van der Waals surface area (Å²) in [5.74, 6) is -1.32. The third-order valence-electron chi connectivity index (χ3n) is 5.68. The number of hydrogen-bond acceptors (Lipinski definition) is 3. The maximum atomic E-state index is 13.3. The third-order valence-corrected chi connectivity index (χ3v) is 5.68. The molecule has 1 fully saturated rings. The topological polar surface area (TPSA) is 75.4 Å². The van der Waals surface area contributed by atoms with Gasteiger partial charge in [-0.05, 0) is 43.0 Å². The number of alkyl halides is 6. The van der Waals surface area contributed by atoms with Crippen LogP contribution in [0.5, 0.6) is 0 Å². The lowest BCUT2D eigenvalue weighted by Crippen LogP contribution is -2.53. The van der Waals surface area contributed by atoms with Gasteiger partial charge in [0.2, 0.25) is 5.91 Å². The van der Waals surface area contributed by atoms with E-state index in [1.54, 1.807) is 30.3 Å². The Hall–Kier alpha value is -2.79. The maximum Gasteiger partial charge on any atom is 0.416 e. The largest absolute Gasteiger partial charge is 0.416 e. The summed E-state index contributed by atoms with van der Waals surface area (Å²) in [7, 11) is 0. The number of nitrogens with two attached hydrogens (primary N) is 1. The van der Waals surface area contributed by atoms with Crippen LogP contribution in [0.25, 0.3) is 0 Å². The van der Waals surface area contributed by atoms with Gasteiger partial charge in [-0.25, -0.2) is 0 Å². The van der Waals surface area contributed by atoms with Gasteiger partial charge in [0.15, 0.2) is 0 Å². The molecule has 0 aliphatic carbocycles. The van der Waals surface area contributed by atoms with E-state index in [-0.39, 0.29) is 50.4 Å². The first-order chi connectivity index (χ1) is 15.9. The van der Waals surface area contributed by atoms with Crippen molar-refractivity contribution in [3.8, 4) is 0 Å². The van der Waals surface area contributed by atoms with Crippen molar-refractivity contribution in [1.29, 1.82) is 0 Å². The number of carbonyl (C=O) groups excluding carboxylic acids is 2. The lowest BCUT2D eigenvalue weighted by atomic mass is 9.91. The molecule has 3 rings (SSSR count). The second-order valence-corrected chi connectivity index (χ2v) is 8.13. The number of likely N-dealkylation sites (tertiary alicyclic amines) is 1. The first-order valence-electron chi connectivity index (χ1n) is 10.5. The van der Waals surface area contributed by atoms with Crippen LogP contribution in [-0.2, 0) is 23.6 Å². The fraction of sp³-hybridized carbons (Fsp3) is 0.391. The molecule has 1 aliphatic heterocycles. The molecule has 12 heteroatoms. The van der Waals surface area contributed by atoms with Crippen molar-refractivity contribution in [3.05, 3.63) is 70.8 Å². The first kappa shape index (κ1) is 28.4. The van der Waals surface area contributed by atoms with E-state index in [1.807, 2.05) is 0 Å². The van der Waals surface area contributed by atoms with Gasteiger partial charge in [-0.1, -0.05) is 30.3 Å². The van der Waals surface area contributed by atoms with E-state index in [9.17, 15) is 35.9 Å². The van der Waals surface area contributed by atoms with Crippen LogP contribution in [-0.4, -0.2) is 41.9 Å². The molecule has 0 saturated carbocycles. The second-order valence-electron chi connectivity index (χ2n) is 8.13. The fourth-order valence-corrected chi connectivity index (χ4v) is 4.06. The van der Waals surface area contributed by atoms with E-state index in [0.29, 0.717) is 18.6 Å². The number of benzene rings is 2. The van der Waals surface area contributed by atoms with Crippen molar-refractivity contribution >= 4 is 24.2 Å². The van der Waals surface area contributed by atoms with Crippen molar-refractivity contribution in [2.75, 3.05) is 13.1 Å². The number of rotatable bonds is 5. The van der Waals surface area contributed by atoms with Crippen LogP contribution in [0.15, 0.2) is 48.5 Å². The summed E-state index contributed by atoms with van der Waals surface area (Å²) < 4.78 is 79.6. The minimum absolute atomic E-state index is 0. The molecule has 2 atom stereocenters. The molecule has 1 aliphatic rings. The van der Waals surface area contributed by atoms with Gasteiger partial charge in [0.05, 0.1) is 17.7 Å². The van der Waals surface area contributed by atoms with Gasteiger partial charge in [-0.3, -0.25) is 9.59 Å². The van der Waals surface area contributed by atoms with Crippen molar-refractivity contribution in [2.45, 2.75) is 43.7 Å². The van der Waals surface area contributed by atoms with E-state index in [1.165, 1.54) is 4.90 Å². The Morgan fingerprint density at radius 1 is 0.971 bits per heavy atom. The van der Waals surface area contributed by atoms with Crippen LogP contribution < -0.4 is 11.1 Å². The Morgan fingerprint density at radius 3 is 2.06 bits per heavy atom. The second kappa shape index (κ2) is 11.3. The number of amides is 2. The van der Waals surface area contributed by atoms with E-state index in [2.05, 4.69) is 5.32 Å². The molecule has 192 valence electrons. The minimum atomic E-state index is -5.06. The predicted molar refractivity (Wildman–Crippen MR) is 119 cm³/mol. The summed E-state index contributed by atoms with van der Waals surface area (Å²) in [5, 5.41) is 2.74. The predicted octanol–water partition coefficient (Wildman–Crippen LogP) is 4.44. The lowest BCUT2D eigenvalue weighted by molar-refractivity contribution is -0.143. The van der Waals surface area contributed by atoms with Crippen LogP contribution >= 0.6 is 12.4 Å². The summed E-state index contributed by atoms with van der Waals surface area (Å²) in [4.78, 5) is 26.2. The molecule has 2 amide bonds. The monoisotopic (exact) mass is 523 g/mol. The number of nitrogens with zero attached hydrogens (tertiary/aromatic N) is 1. The number of halogens is 7. The molecule has 1 saturated heterocycles. The average Bonchev–Trinajstić information content (AvgIpc) is 2.78. The van der Waals surface area contributed by atoms with Crippen LogP contribution in [0.3, 0.4) is 0 Å².